The molecule has 3 aromatic heterocycles. The van der Waals surface area contributed by atoms with Gasteiger partial charge in [0.15, 0.2) is 5.76 Å². The first kappa shape index (κ1) is 15.8. The van der Waals surface area contributed by atoms with E-state index in [2.05, 4.69) is 20.3 Å². The van der Waals surface area contributed by atoms with E-state index in [0.29, 0.717) is 11.5 Å². The molecule has 1 aromatic carbocycles. The van der Waals surface area contributed by atoms with Gasteiger partial charge in [-0.1, -0.05) is 24.3 Å². The monoisotopic (exact) mass is 345 g/mol. The number of pyridine rings is 1. The van der Waals surface area contributed by atoms with Crippen molar-refractivity contribution in [2.75, 3.05) is 5.73 Å². The van der Waals surface area contributed by atoms with E-state index >= 15 is 0 Å². The van der Waals surface area contributed by atoms with Gasteiger partial charge in [0, 0.05) is 5.39 Å². The lowest BCUT2D eigenvalue weighted by Gasteiger charge is -2.07. The van der Waals surface area contributed by atoms with Gasteiger partial charge in [0.1, 0.15) is 11.4 Å². The van der Waals surface area contributed by atoms with Gasteiger partial charge in [-0.25, -0.2) is 9.97 Å². The van der Waals surface area contributed by atoms with E-state index in [-0.39, 0.29) is 24.1 Å². The van der Waals surface area contributed by atoms with Gasteiger partial charge in [-0.3, -0.25) is 9.78 Å². The van der Waals surface area contributed by atoms with Crippen LogP contribution in [-0.2, 0) is 6.54 Å². The van der Waals surface area contributed by atoms with E-state index in [1.165, 1.54) is 6.26 Å². The minimum Gasteiger partial charge on any atom is -0.463 e. The molecule has 26 heavy (non-hydrogen) atoms. The van der Waals surface area contributed by atoms with Crippen LogP contribution in [0, 0.1) is 0 Å². The number of aromatic nitrogens is 3. The zero-order chi connectivity index (χ0) is 17.9. The van der Waals surface area contributed by atoms with E-state index in [0.717, 1.165) is 16.6 Å². The normalized spacial score (nSPS) is 10.8. The van der Waals surface area contributed by atoms with Gasteiger partial charge in [-0.2, -0.15) is 0 Å². The molecule has 0 aliphatic heterocycles. The van der Waals surface area contributed by atoms with Crippen LogP contribution in [0.4, 0.5) is 5.95 Å². The van der Waals surface area contributed by atoms with Crippen molar-refractivity contribution in [1.29, 1.82) is 0 Å². The molecule has 4 aromatic rings. The van der Waals surface area contributed by atoms with Crippen LogP contribution in [0.3, 0.4) is 0 Å². The maximum absolute atomic E-state index is 12.4. The standard InChI is InChI=1S/C19H15N5O2/c20-19-23-15(17-6-3-9-26-17)10-16(24-19)18(25)21-11-13-8-7-12-4-1-2-5-14(12)22-13/h1-10H,11H2,(H,21,25)(H2,20,23,24). The van der Waals surface area contributed by atoms with Crippen LogP contribution in [0.15, 0.2) is 65.3 Å². The maximum atomic E-state index is 12.4. The second-order valence-electron chi connectivity index (χ2n) is 5.65. The number of benzene rings is 1. The number of carbonyl (C=O) groups excluding carboxylic acids is 1. The third kappa shape index (κ3) is 3.23. The Morgan fingerprint density at radius 1 is 1.04 bits per heavy atom. The predicted octanol–water partition coefficient (Wildman–Crippen LogP) is 2.80. The van der Waals surface area contributed by atoms with Gasteiger partial charge >= 0.3 is 0 Å². The smallest absolute Gasteiger partial charge is 0.270 e. The fourth-order valence-electron chi connectivity index (χ4n) is 2.60. The van der Waals surface area contributed by atoms with Crippen LogP contribution in [0.2, 0.25) is 0 Å². The summed E-state index contributed by atoms with van der Waals surface area (Å²) >= 11 is 0. The summed E-state index contributed by atoms with van der Waals surface area (Å²) in [5, 5.41) is 3.85. The molecule has 4 rings (SSSR count). The molecular formula is C19H15N5O2. The Morgan fingerprint density at radius 3 is 2.77 bits per heavy atom. The predicted molar refractivity (Wildman–Crippen MR) is 97.1 cm³/mol. The lowest BCUT2D eigenvalue weighted by Crippen LogP contribution is -2.25. The number of carbonyl (C=O) groups is 1. The average molecular weight is 345 g/mol. The number of nitrogens with two attached hydrogens (primary N) is 1. The Hall–Kier alpha value is -3.74. The summed E-state index contributed by atoms with van der Waals surface area (Å²) in [5.74, 6) is 0.166. The third-order valence-corrected chi connectivity index (χ3v) is 3.84. The van der Waals surface area contributed by atoms with Crippen molar-refractivity contribution < 1.29 is 9.21 Å². The van der Waals surface area contributed by atoms with Gasteiger partial charge in [-0.15, -0.1) is 0 Å². The highest BCUT2D eigenvalue weighted by atomic mass is 16.3. The molecule has 7 nitrogen and oxygen atoms in total. The Labute approximate surface area is 148 Å². The number of furan rings is 1. The molecule has 3 N–H and O–H groups in total. The molecule has 0 spiro atoms. The first-order valence-corrected chi connectivity index (χ1v) is 8.00. The summed E-state index contributed by atoms with van der Waals surface area (Å²) in [6, 6.07) is 16.7. The number of anilines is 1. The lowest BCUT2D eigenvalue weighted by atomic mass is 10.2. The van der Waals surface area contributed by atoms with Gasteiger partial charge < -0.3 is 15.5 Å². The summed E-state index contributed by atoms with van der Waals surface area (Å²) in [7, 11) is 0. The SMILES string of the molecule is Nc1nc(C(=O)NCc2ccc3ccccc3n2)cc(-c2ccco2)n1. The van der Waals surface area contributed by atoms with Crippen molar-refractivity contribution in [2.24, 2.45) is 0 Å². The third-order valence-electron chi connectivity index (χ3n) is 3.84. The molecule has 0 fully saturated rings. The molecule has 128 valence electrons. The van der Waals surface area contributed by atoms with Crippen molar-refractivity contribution in [1.82, 2.24) is 20.3 Å². The minimum absolute atomic E-state index is 0.00730. The number of nitrogens with zero attached hydrogens (tertiary/aromatic N) is 3. The fourth-order valence-corrected chi connectivity index (χ4v) is 2.60. The van der Waals surface area contributed by atoms with E-state index < -0.39 is 0 Å². The summed E-state index contributed by atoms with van der Waals surface area (Å²) in [4.78, 5) is 25.1. The molecule has 3 heterocycles. The quantitative estimate of drug-likeness (QED) is 0.589. The van der Waals surface area contributed by atoms with Crippen LogP contribution in [0.25, 0.3) is 22.4 Å². The molecule has 7 heteroatoms. The number of nitrogen functional groups attached to an aromatic ring is 1. The van der Waals surface area contributed by atoms with Crippen molar-refractivity contribution >= 4 is 22.8 Å². The summed E-state index contributed by atoms with van der Waals surface area (Å²) in [6.45, 7) is 0.281. The molecule has 0 saturated carbocycles. The molecule has 0 saturated heterocycles. The summed E-state index contributed by atoms with van der Waals surface area (Å²) < 4.78 is 5.29. The first-order chi connectivity index (χ1) is 12.7. The second kappa shape index (κ2) is 6.64. The number of hydrogen-bond acceptors (Lipinski definition) is 6. The highest BCUT2D eigenvalue weighted by molar-refractivity contribution is 5.93. The van der Waals surface area contributed by atoms with Crippen molar-refractivity contribution in [3.8, 4) is 11.5 Å². The summed E-state index contributed by atoms with van der Waals surface area (Å²) in [5.41, 5.74) is 7.98. The van der Waals surface area contributed by atoms with Crippen LogP contribution < -0.4 is 11.1 Å². The average Bonchev–Trinajstić information content (AvgIpc) is 3.20. The Kier molecular flexibility index (Phi) is 4.03. The van der Waals surface area contributed by atoms with Crippen LogP contribution in [-0.4, -0.2) is 20.9 Å². The molecule has 0 radical (unpaired) electrons. The topological polar surface area (TPSA) is 107 Å². The molecule has 0 aliphatic rings. The fraction of sp³-hybridized carbons (Fsp3) is 0.0526. The Balaban J connectivity index is 1.52. The molecule has 0 bridgehead atoms. The maximum Gasteiger partial charge on any atom is 0.270 e. The first-order valence-electron chi connectivity index (χ1n) is 8.00. The lowest BCUT2D eigenvalue weighted by molar-refractivity contribution is 0.0945. The Morgan fingerprint density at radius 2 is 1.92 bits per heavy atom. The number of hydrogen-bond donors (Lipinski definition) is 2. The van der Waals surface area contributed by atoms with Gasteiger partial charge in [0.25, 0.3) is 5.91 Å². The van der Waals surface area contributed by atoms with E-state index in [1.54, 1.807) is 18.2 Å². The molecule has 1 amide bonds. The van der Waals surface area contributed by atoms with Gasteiger partial charge in [0.05, 0.1) is 24.0 Å². The van der Waals surface area contributed by atoms with Crippen molar-refractivity contribution in [3.63, 3.8) is 0 Å². The van der Waals surface area contributed by atoms with Gasteiger partial charge in [0.2, 0.25) is 5.95 Å². The summed E-state index contributed by atoms with van der Waals surface area (Å²) in [6.07, 6.45) is 1.53. The second-order valence-corrected chi connectivity index (χ2v) is 5.65. The number of nitrogens with one attached hydrogen (secondary N) is 1. The largest absolute Gasteiger partial charge is 0.463 e. The van der Waals surface area contributed by atoms with Crippen LogP contribution >= 0.6 is 0 Å². The minimum atomic E-state index is -0.359. The number of amides is 1. The Bertz CT molecular complexity index is 1080. The highest BCUT2D eigenvalue weighted by Gasteiger charge is 2.13. The van der Waals surface area contributed by atoms with Gasteiger partial charge in [-0.05, 0) is 30.3 Å². The van der Waals surface area contributed by atoms with E-state index in [1.807, 2.05) is 36.4 Å². The molecular weight excluding hydrogens is 330 g/mol. The number of rotatable bonds is 4. The van der Waals surface area contributed by atoms with Crippen molar-refractivity contribution in [3.05, 3.63) is 72.2 Å². The highest BCUT2D eigenvalue weighted by Crippen LogP contribution is 2.19. The van der Waals surface area contributed by atoms with Crippen LogP contribution in [0.1, 0.15) is 16.2 Å². The molecule has 0 aliphatic carbocycles. The van der Waals surface area contributed by atoms with Crippen LogP contribution in [0.5, 0.6) is 0 Å². The zero-order valence-electron chi connectivity index (χ0n) is 13.7. The van der Waals surface area contributed by atoms with E-state index in [9.17, 15) is 4.79 Å². The number of para-hydroxylation sites is 1. The molecule has 0 atom stereocenters. The molecule has 0 unspecified atom stereocenters. The zero-order valence-corrected chi connectivity index (χ0v) is 13.7. The van der Waals surface area contributed by atoms with E-state index in [4.69, 9.17) is 10.2 Å². The van der Waals surface area contributed by atoms with Crippen molar-refractivity contribution in [2.45, 2.75) is 6.54 Å². The number of fused-ring (bicyclic) bond motifs is 1.